The molecule has 1 aromatic carbocycles. The molecule has 1 saturated heterocycles. The predicted molar refractivity (Wildman–Crippen MR) is 112 cm³/mol. The van der Waals surface area contributed by atoms with Crippen LogP contribution in [0.2, 0.25) is 0 Å². The van der Waals surface area contributed by atoms with Crippen LogP contribution in [0.25, 0.3) is 0 Å². The summed E-state index contributed by atoms with van der Waals surface area (Å²) >= 11 is 0. The number of hydrogen-bond acceptors (Lipinski definition) is 5. The summed E-state index contributed by atoms with van der Waals surface area (Å²) in [6, 6.07) is 7.99. The number of benzene rings is 1. The highest BCUT2D eigenvalue weighted by molar-refractivity contribution is 5.76. The van der Waals surface area contributed by atoms with Crippen LogP contribution < -0.4 is 10.1 Å². The third kappa shape index (κ3) is 3.49. The summed E-state index contributed by atoms with van der Waals surface area (Å²) in [5.74, 6) is 0.702. The number of carbonyl (C=O) groups is 1. The first kappa shape index (κ1) is 20.4. The van der Waals surface area contributed by atoms with Crippen molar-refractivity contribution in [2.24, 2.45) is 23.2 Å². The van der Waals surface area contributed by atoms with Crippen LogP contribution in [0.1, 0.15) is 38.7 Å². The average molecular weight is 400 g/mol. The van der Waals surface area contributed by atoms with E-state index in [-0.39, 0.29) is 29.3 Å². The molecule has 6 atom stereocenters. The number of allylic oxidation sites excluding steroid dienone is 1. The van der Waals surface area contributed by atoms with Gasteiger partial charge >= 0.3 is 5.97 Å². The highest BCUT2D eigenvalue weighted by Crippen LogP contribution is 2.55. The third-order valence-electron chi connectivity index (χ3n) is 7.70. The van der Waals surface area contributed by atoms with Crippen molar-refractivity contribution in [1.82, 2.24) is 5.32 Å². The van der Waals surface area contributed by atoms with Crippen LogP contribution in [0.3, 0.4) is 0 Å². The highest BCUT2D eigenvalue weighted by atomic mass is 16.6. The average Bonchev–Trinajstić information content (AvgIpc) is 3.03. The second-order valence-electron chi connectivity index (χ2n) is 9.06. The van der Waals surface area contributed by atoms with Gasteiger partial charge in [-0.2, -0.15) is 0 Å². The molecule has 158 valence electrons. The predicted octanol–water partition coefficient (Wildman–Crippen LogP) is 3.11. The Morgan fingerprint density at radius 2 is 2.14 bits per heavy atom. The first-order chi connectivity index (χ1) is 14.0. The number of rotatable bonds is 6. The number of esters is 1. The van der Waals surface area contributed by atoms with E-state index in [2.05, 4.69) is 31.3 Å². The molecule has 5 nitrogen and oxygen atoms in total. The second kappa shape index (κ2) is 8.11. The van der Waals surface area contributed by atoms with E-state index in [1.54, 1.807) is 7.11 Å². The van der Waals surface area contributed by atoms with Crippen LogP contribution in [-0.2, 0) is 16.0 Å². The van der Waals surface area contributed by atoms with Crippen molar-refractivity contribution in [3.63, 3.8) is 0 Å². The van der Waals surface area contributed by atoms with Gasteiger partial charge in [-0.25, -0.2) is 0 Å². The summed E-state index contributed by atoms with van der Waals surface area (Å²) in [7, 11) is 1.68. The standard InChI is InChI=1S/C24H33NO4/c1-15-7-6-9-17-13-20-21(22(26)24(15,17)2)18(23(27)29-20)14-25-12-11-16-8-4-5-10-19(16)28-3/h4-5,8-10,15,18,20-22,25-26H,6-7,11-14H2,1-3H3. The molecule has 1 heterocycles. The SMILES string of the molecule is COc1ccccc1CCNCC1C(=O)OC2CC3=CCCC(C)C3(C)C(O)C21. The molecule has 2 aliphatic carbocycles. The number of carbonyl (C=O) groups excluding carboxylic acids is 1. The van der Waals surface area contributed by atoms with Gasteiger partial charge in [-0.1, -0.05) is 43.7 Å². The Morgan fingerprint density at radius 1 is 1.34 bits per heavy atom. The maximum Gasteiger partial charge on any atom is 0.311 e. The molecule has 5 heteroatoms. The summed E-state index contributed by atoms with van der Waals surface area (Å²) < 4.78 is 11.1. The van der Waals surface area contributed by atoms with E-state index in [1.807, 2.05) is 18.2 Å². The first-order valence-electron chi connectivity index (χ1n) is 10.9. The fourth-order valence-electron chi connectivity index (χ4n) is 5.69. The minimum Gasteiger partial charge on any atom is -0.496 e. The molecule has 0 amide bonds. The summed E-state index contributed by atoms with van der Waals surface area (Å²) in [5.41, 5.74) is 2.18. The van der Waals surface area contributed by atoms with E-state index in [0.29, 0.717) is 12.5 Å². The Morgan fingerprint density at radius 3 is 2.93 bits per heavy atom. The maximum atomic E-state index is 12.6. The van der Waals surface area contributed by atoms with Crippen LogP contribution in [0.4, 0.5) is 0 Å². The van der Waals surface area contributed by atoms with Crippen molar-refractivity contribution < 1.29 is 19.4 Å². The number of nitrogens with one attached hydrogen (secondary N) is 1. The van der Waals surface area contributed by atoms with Crippen LogP contribution in [0.5, 0.6) is 5.75 Å². The van der Waals surface area contributed by atoms with Crippen molar-refractivity contribution in [3.8, 4) is 5.75 Å². The Balaban J connectivity index is 1.41. The van der Waals surface area contributed by atoms with E-state index in [9.17, 15) is 9.90 Å². The molecular formula is C24H33NO4. The number of para-hydroxylation sites is 1. The largest absolute Gasteiger partial charge is 0.496 e. The zero-order chi connectivity index (χ0) is 20.6. The van der Waals surface area contributed by atoms with Crippen molar-refractivity contribution in [1.29, 1.82) is 0 Å². The van der Waals surface area contributed by atoms with Crippen LogP contribution in [-0.4, -0.2) is 43.5 Å². The number of methoxy groups -OCH3 is 1. The highest BCUT2D eigenvalue weighted by Gasteiger charge is 2.59. The van der Waals surface area contributed by atoms with E-state index in [1.165, 1.54) is 5.57 Å². The van der Waals surface area contributed by atoms with Crippen molar-refractivity contribution >= 4 is 5.97 Å². The lowest BCUT2D eigenvalue weighted by molar-refractivity contribution is -0.144. The zero-order valence-electron chi connectivity index (χ0n) is 17.7. The summed E-state index contributed by atoms with van der Waals surface area (Å²) in [4.78, 5) is 12.6. The normalized spacial score (nSPS) is 36.1. The molecule has 3 aliphatic rings. The van der Waals surface area contributed by atoms with Gasteiger partial charge in [-0.3, -0.25) is 4.79 Å². The van der Waals surface area contributed by atoms with Crippen molar-refractivity contribution in [3.05, 3.63) is 41.5 Å². The molecule has 2 N–H and O–H groups in total. The minimum atomic E-state index is -0.546. The van der Waals surface area contributed by atoms with Crippen molar-refractivity contribution in [2.75, 3.05) is 20.2 Å². The van der Waals surface area contributed by atoms with Gasteiger partial charge in [0.05, 0.1) is 19.1 Å². The van der Waals surface area contributed by atoms with Gasteiger partial charge < -0.3 is 19.9 Å². The lowest BCUT2D eigenvalue weighted by atomic mass is 9.55. The van der Waals surface area contributed by atoms with Gasteiger partial charge in [-0.05, 0) is 43.4 Å². The molecule has 1 aliphatic heterocycles. The zero-order valence-corrected chi connectivity index (χ0v) is 17.7. The molecule has 0 spiro atoms. The van der Waals surface area contributed by atoms with Gasteiger partial charge in [-0.15, -0.1) is 0 Å². The molecule has 0 bridgehead atoms. The number of aliphatic hydroxyl groups is 1. The fourth-order valence-corrected chi connectivity index (χ4v) is 5.69. The lowest BCUT2D eigenvalue weighted by Gasteiger charge is -2.51. The van der Waals surface area contributed by atoms with Gasteiger partial charge in [0.2, 0.25) is 0 Å². The summed E-state index contributed by atoms with van der Waals surface area (Å²) in [5, 5.41) is 14.8. The molecule has 4 rings (SSSR count). The van der Waals surface area contributed by atoms with Crippen molar-refractivity contribution in [2.45, 2.75) is 51.7 Å². The number of hydrogen-bond donors (Lipinski definition) is 2. The van der Waals surface area contributed by atoms with Crippen LogP contribution in [0, 0.1) is 23.2 Å². The smallest absolute Gasteiger partial charge is 0.311 e. The van der Waals surface area contributed by atoms with Gasteiger partial charge in [0, 0.05) is 24.3 Å². The fraction of sp³-hybridized carbons (Fsp3) is 0.625. The monoisotopic (exact) mass is 399 g/mol. The molecular weight excluding hydrogens is 366 g/mol. The maximum absolute atomic E-state index is 12.6. The Labute approximate surface area is 173 Å². The first-order valence-corrected chi connectivity index (χ1v) is 10.9. The van der Waals surface area contributed by atoms with E-state index >= 15 is 0 Å². The molecule has 2 fully saturated rings. The number of fused-ring (bicyclic) bond motifs is 2. The summed E-state index contributed by atoms with van der Waals surface area (Å²) in [6.45, 7) is 5.69. The summed E-state index contributed by atoms with van der Waals surface area (Å²) in [6.07, 6.45) is 5.27. The number of ether oxygens (including phenoxy) is 2. The van der Waals surface area contributed by atoms with E-state index < -0.39 is 6.10 Å². The topological polar surface area (TPSA) is 67.8 Å². The number of aliphatic hydroxyl groups excluding tert-OH is 1. The Bertz CT molecular complexity index is 791. The Kier molecular flexibility index (Phi) is 5.71. The Hall–Kier alpha value is -1.85. The van der Waals surface area contributed by atoms with Gasteiger partial charge in [0.15, 0.2) is 0 Å². The van der Waals surface area contributed by atoms with Crippen LogP contribution in [0.15, 0.2) is 35.9 Å². The molecule has 0 aromatic heterocycles. The van der Waals surface area contributed by atoms with Gasteiger partial charge in [0.25, 0.3) is 0 Å². The van der Waals surface area contributed by atoms with Crippen LogP contribution >= 0.6 is 0 Å². The van der Waals surface area contributed by atoms with Gasteiger partial charge in [0.1, 0.15) is 11.9 Å². The molecule has 29 heavy (non-hydrogen) atoms. The third-order valence-corrected chi connectivity index (χ3v) is 7.70. The molecule has 0 radical (unpaired) electrons. The molecule has 6 unspecified atom stereocenters. The molecule has 1 saturated carbocycles. The van der Waals surface area contributed by atoms with E-state index in [4.69, 9.17) is 9.47 Å². The quantitative estimate of drug-likeness (QED) is 0.437. The second-order valence-corrected chi connectivity index (χ2v) is 9.06. The van der Waals surface area contributed by atoms with E-state index in [0.717, 1.165) is 43.5 Å². The molecule has 1 aromatic rings. The lowest BCUT2D eigenvalue weighted by Crippen LogP contribution is -2.54. The minimum absolute atomic E-state index is 0.135.